The van der Waals surface area contributed by atoms with E-state index in [1.807, 2.05) is 18.2 Å². The highest BCUT2D eigenvalue weighted by atomic mass is 35.5. The maximum Gasteiger partial charge on any atom is 0.339 e. The van der Waals surface area contributed by atoms with Gasteiger partial charge in [-0.2, -0.15) is 0 Å². The third-order valence-electron chi connectivity index (χ3n) is 3.17. The zero-order valence-electron chi connectivity index (χ0n) is 10.2. The first-order chi connectivity index (χ1) is 9.20. The van der Waals surface area contributed by atoms with Crippen LogP contribution >= 0.6 is 11.6 Å². The lowest BCUT2D eigenvalue weighted by Crippen LogP contribution is -2.01. The van der Waals surface area contributed by atoms with E-state index in [2.05, 4.69) is 0 Å². The fourth-order valence-electron chi connectivity index (χ4n) is 2.27. The van der Waals surface area contributed by atoms with Crippen molar-refractivity contribution >= 4 is 17.6 Å². The van der Waals surface area contributed by atoms with Crippen molar-refractivity contribution in [3.05, 3.63) is 64.2 Å². The highest BCUT2D eigenvalue weighted by molar-refractivity contribution is 6.30. The maximum absolute atomic E-state index is 11.9. The van der Waals surface area contributed by atoms with Crippen molar-refractivity contribution in [2.45, 2.75) is 6.10 Å². The predicted molar refractivity (Wildman–Crippen MR) is 71.7 cm³/mol. The summed E-state index contributed by atoms with van der Waals surface area (Å²) in [6.45, 7) is 0. The SMILES string of the molecule is COc1cccc2c1C(c1ccc(Cl)cc1)OC2=O. The number of esters is 1. The van der Waals surface area contributed by atoms with Gasteiger partial charge in [-0.25, -0.2) is 4.79 Å². The Bertz CT molecular complexity index is 634. The Labute approximate surface area is 115 Å². The van der Waals surface area contributed by atoms with Crippen LogP contribution in [0.1, 0.15) is 27.6 Å². The summed E-state index contributed by atoms with van der Waals surface area (Å²) in [6, 6.07) is 12.6. The monoisotopic (exact) mass is 274 g/mol. The van der Waals surface area contributed by atoms with E-state index in [0.717, 1.165) is 11.1 Å². The van der Waals surface area contributed by atoms with Gasteiger partial charge in [-0.3, -0.25) is 0 Å². The summed E-state index contributed by atoms with van der Waals surface area (Å²) in [5.74, 6) is 0.331. The molecule has 0 spiro atoms. The zero-order chi connectivity index (χ0) is 13.4. The normalized spacial score (nSPS) is 16.9. The molecule has 1 aliphatic rings. The van der Waals surface area contributed by atoms with E-state index in [4.69, 9.17) is 21.1 Å². The largest absolute Gasteiger partial charge is 0.496 e. The van der Waals surface area contributed by atoms with Gasteiger partial charge in [0.25, 0.3) is 0 Å². The van der Waals surface area contributed by atoms with Crippen LogP contribution in [0.25, 0.3) is 0 Å². The number of halogens is 1. The Morgan fingerprint density at radius 3 is 2.58 bits per heavy atom. The van der Waals surface area contributed by atoms with Gasteiger partial charge < -0.3 is 9.47 Å². The number of methoxy groups -OCH3 is 1. The first-order valence-electron chi connectivity index (χ1n) is 5.84. The molecule has 0 aromatic heterocycles. The molecule has 0 aliphatic carbocycles. The number of ether oxygens (including phenoxy) is 2. The van der Waals surface area contributed by atoms with Crippen LogP contribution < -0.4 is 4.74 Å². The summed E-state index contributed by atoms with van der Waals surface area (Å²) in [5, 5.41) is 0.647. The standard InChI is InChI=1S/C15H11ClO3/c1-18-12-4-2-3-11-13(12)14(19-15(11)17)9-5-7-10(16)8-6-9/h2-8,14H,1H3. The Hall–Kier alpha value is -2.00. The number of cyclic esters (lactones) is 1. The molecule has 1 unspecified atom stereocenters. The number of hydrogen-bond acceptors (Lipinski definition) is 3. The lowest BCUT2D eigenvalue weighted by molar-refractivity contribution is 0.0454. The topological polar surface area (TPSA) is 35.5 Å². The molecule has 3 nitrogen and oxygen atoms in total. The smallest absolute Gasteiger partial charge is 0.339 e. The van der Waals surface area contributed by atoms with Gasteiger partial charge in [0.1, 0.15) is 5.75 Å². The number of carbonyl (C=O) groups is 1. The Morgan fingerprint density at radius 2 is 1.89 bits per heavy atom. The van der Waals surface area contributed by atoms with Crippen LogP contribution in [0.5, 0.6) is 5.75 Å². The van der Waals surface area contributed by atoms with Crippen molar-refractivity contribution in [3.63, 3.8) is 0 Å². The number of hydrogen-bond donors (Lipinski definition) is 0. The van der Waals surface area contributed by atoms with E-state index in [9.17, 15) is 4.79 Å². The first kappa shape index (κ1) is 12.1. The quantitative estimate of drug-likeness (QED) is 0.785. The van der Waals surface area contributed by atoms with Crippen molar-refractivity contribution in [1.29, 1.82) is 0 Å². The lowest BCUT2D eigenvalue weighted by Gasteiger charge is -2.13. The maximum atomic E-state index is 11.9. The molecule has 1 atom stereocenters. The number of carbonyl (C=O) groups excluding carboxylic acids is 1. The highest BCUT2D eigenvalue weighted by Crippen LogP contribution is 2.41. The molecule has 0 bridgehead atoms. The number of benzene rings is 2. The minimum Gasteiger partial charge on any atom is -0.496 e. The Morgan fingerprint density at radius 1 is 1.16 bits per heavy atom. The van der Waals surface area contributed by atoms with Crippen LogP contribution in [0.3, 0.4) is 0 Å². The molecule has 0 fully saturated rings. The van der Waals surface area contributed by atoms with E-state index >= 15 is 0 Å². The minimum absolute atomic E-state index is 0.325. The molecular weight excluding hydrogens is 264 g/mol. The van der Waals surface area contributed by atoms with Crippen LogP contribution in [0.4, 0.5) is 0 Å². The van der Waals surface area contributed by atoms with Crippen molar-refractivity contribution in [3.8, 4) is 5.75 Å². The van der Waals surface area contributed by atoms with Crippen molar-refractivity contribution in [1.82, 2.24) is 0 Å². The van der Waals surface area contributed by atoms with Gasteiger partial charge in [0.2, 0.25) is 0 Å². The average molecular weight is 275 g/mol. The third-order valence-corrected chi connectivity index (χ3v) is 3.42. The van der Waals surface area contributed by atoms with Crippen molar-refractivity contribution in [2.75, 3.05) is 7.11 Å². The molecule has 19 heavy (non-hydrogen) atoms. The highest BCUT2D eigenvalue weighted by Gasteiger charge is 2.34. The molecule has 3 rings (SSSR count). The Kier molecular flexibility index (Phi) is 2.91. The summed E-state index contributed by atoms with van der Waals surface area (Å²) in [4.78, 5) is 11.9. The molecule has 0 radical (unpaired) electrons. The van der Waals surface area contributed by atoms with Gasteiger partial charge in [0.05, 0.1) is 18.2 Å². The lowest BCUT2D eigenvalue weighted by atomic mass is 9.98. The first-order valence-corrected chi connectivity index (χ1v) is 6.22. The summed E-state index contributed by atoms with van der Waals surface area (Å²) in [5.41, 5.74) is 2.21. The van der Waals surface area contributed by atoms with Crippen LogP contribution in [-0.4, -0.2) is 13.1 Å². The molecular formula is C15H11ClO3. The predicted octanol–water partition coefficient (Wildman–Crippen LogP) is 3.61. The minimum atomic E-state index is -0.434. The van der Waals surface area contributed by atoms with Crippen LogP contribution in [0.2, 0.25) is 5.02 Å². The van der Waals surface area contributed by atoms with Crippen LogP contribution in [0, 0.1) is 0 Å². The molecule has 2 aromatic carbocycles. The van der Waals surface area contributed by atoms with Crippen LogP contribution in [-0.2, 0) is 4.74 Å². The summed E-state index contributed by atoms with van der Waals surface area (Å²) in [7, 11) is 1.58. The van der Waals surface area contributed by atoms with Gasteiger partial charge in [-0.1, -0.05) is 29.8 Å². The second-order valence-corrected chi connectivity index (χ2v) is 4.69. The van der Waals surface area contributed by atoms with E-state index in [0.29, 0.717) is 16.3 Å². The summed E-state index contributed by atoms with van der Waals surface area (Å²) < 4.78 is 10.8. The molecule has 0 saturated heterocycles. The number of rotatable bonds is 2. The second-order valence-electron chi connectivity index (χ2n) is 4.26. The molecule has 0 amide bonds. The van der Waals surface area contributed by atoms with E-state index in [1.54, 1.807) is 31.4 Å². The zero-order valence-corrected chi connectivity index (χ0v) is 11.0. The van der Waals surface area contributed by atoms with Crippen molar-refractivity contribution < 1.29 is 14.3 Å². The molecule has 4 heteroatoms. The van der Waals surface area contributed by atoms with Gasteiger partial charge in [-0.15, -0.1) is 0 Å². The van der Waals surface area contributed by atoms with E-state index in [1.165, 1.54) is 0 Å². The molecule has 0 saturated carbocycles. The Balaban J connectivity index is 2.13. The van der Waals surface area contributed by atoms with E-state index < -0.39 is 6.10 Å². The van der Waals surface area contributed by atoms with Gasteiger partial charge in [0.15, 0.2) is 6.10 Å². The molecule has 96 valence electrons. The fraction of sp³-hybridized carbons (Fsp3) is 0.133. The summed E-state index contributed by atoms with van der Waals surface area (Å²) in [6.07, 6.45) is -0.434. The molecule has 0 N–H and O–H groups in total. The molecule has 1 aliphatic heterocycles. The van der Waals surface area contributed by atoms with Crippen molar-refractivity contribution in [2.24, 2.45) is 0 Å². The third kappa shape index (κ3) is 1.96. The van der Waals surface area contributed by atoms with Crippen LogP contribution in [0.15, 0.2) is 42.5 Å². The molecule has 1 heterocycles. The fourth-order valence-corrected chi connectivity index (χ4v) is 2.40. The summed E-state index contributed by atoms with van der Waals surface area (Å²) >= 11 is 5.87. The molecule has 2 aromatic rings. The number of fused-ring (bicyclic) bond motifs is 1. The van der Waals surface area contributed by atoms with Gasteiger partial charge in [-0.05, 0) is 29.8 Å². The second kappa shape index (κ2) is 4.59. The van der Waals surface area contributed by atoms with Gasteiger partial charge >= 0.3 is 5.97 Å². The van der Waals surface area contributed by atoms with Gasteiger partial charge in [0, 0.05) is 5.02 Å². The average Bonchev–Trinajstić information content (AvgIpc) is 2.77. The van der Waals surface area contributed by atoms with E-state index in [-0.39, 0.29) is 5.97 Å².